The molecule has 0 atom stereocenters. The van der Waals surface area contributed by atoms with E-state index in [1.807, 2.05) is 24.5 Å². The van der Waals surface area contributed by atoms with Crippen LogP contribution in [0.3, 0.4) is 0 Å². The lowest BCUT2D eigenvalue weighted by Gasteiger charge is -2.06. The van der Waals surface area contributed by atoms with Crippen molar-refractivity contribution in [1.29, 1.82) is 0 Å². The molecule has 0 aliphatic rings. The average molecular weight is 283 g/mol. The summed E-state index contributed by atoms with van der Waals surface area (Å²) in [6.07, 6.45) is 3.77. The lowest BCUT2D eigenvalue weighted by atomic mass is 10.1. The molecule has 3 nitrogen and oxygen atoms in total. The maximum absolute atomic E-state index is 4.29. The highest BCUT2D eigenvalue weighted by molar-refractivity contribution is 6.21. The fourth-order valence-corrected chi connectivity index (χ4v) is 3.31. The first-order chi connectivity index (χ1) is 10.9. The van der Waals surface area contributed by atoms with Gasteiger partial charge in [0, 0.05) is 34.2 Å². The van der Waals surface area contributed by atoms with Crippen molar-refractivity contribution in [3.05, 3.63) is 73.1 Å². The number of pyridine rings is 1. The summed E-state index contributed by atoms with van der Waals surface area (Å²) in [4.78, 5) is 7.85. The maximum atomic E-state index is 4.29. The number of nitrogens with one attached hydrogen (secondary N) is 1. The molecule has 3 heterocycles. The van der Waals surface area contributed by atoms with E-state index >= 15 is 0 Å². The quantitative estimate of drug-likeness (QED) is 0.477. The topological polar surface area (TPSA) is 33.6 Å². The van der Waals surface area contributed by atoms with E-state index < -0.39 is 0 Å². The van der Waals surface area contributed by atoms with Gasteiger partial charge in [-0.05, 0) is 24.3 Å². The van der Waals surface area contributed by atoms with E-state index in [0.29, 0.717) is 0 Å². The Labute approximate surface area is 126 Å². The van der Waals surface area contributed by atoms with Crippen LogP contribution in [0.2, 0.25) is 0 Å². The number of hydrogen-bond donors (Lipinski definition) is 1. The Morgan fingerprint density at radius 1 is 0.818 bits per heavy atom. The van der Waals surface area contributed by atoms with Crippen molar-refractivity contribution in [2.45, 2.75) is 0 Å². The van der Waals surface area contributed by atoms with Gasteiger partial charge in [0.25, 0.3) is 0 Å². The molecule has 0 unspecified atom stereocenters. The fourth-order valence-electron chi connectivity index (χ4n) is 3.31. The molecule has 0 radical (unpaired) electrons. The highest BCUT2D eigenvalue weighted by Gasteiger charge is 2.16. The Kier molecular flexibility index (Phi) is 2.22. The van der Waals surface area contributed by atoms with Crippen LogP contribution >= 0.6 is 0 Å². The monoisotopic (exact) mass is 283 g/mol. The molecule has 1 N–H and O–H groups in total. The molecule has 104 valence electrons. The van der Waals surface area contributed by atoms with Crippen LogP contribution in [0.1, 0.15) is 0 Å². The zero-order chi connectivity index (χ0) is 14.5. The summed E-state index contributed by atoms with van der Waals surface area (Å²) in [7, 11) is 0. The number of nitrogens with zero attached hydrogens (tertiary/aromatic N) is 2. The van der Waals surface area contributed by atoms with Crippen LogP contribution in [0.5, 0.6) is 0 Å². The third-order valence-electron chi connectivity index (χ3n) is 4.23. The first kappa shape index (κ1) is 11.6. The molecular weight excluding hydrogens is 270 g/mol. The van der Waals surface area contributed by atoms with E-state index in [2.05, 4.69) is 63.1 Å². The van der Waals surface area contributed by atoms with Gasteiger partial charge in [0.2, 0.25) is 0 Å². The smallest absolute Gasteiger partial charge is 0.124 e. The van der Waals surface area contributed by atoms with E-state index in [9.17, 15) is 0 Å². The van der Waals surface area contributed by atoms with Gasteiger partial charge in [0.1, 0.15) is 5.65 Å². The summed E-state index contributed by atoms with van der Waals surface area (Å²) in [5.74, 6) is 0. The number of para-hydroxylation sites is 2. The Hall–Kier alpha value is -3.07. The standard InChI is InChI=1S/C19H13N3/c1-2-6-13(7-3-1)22-17-9-5-4-8-14(17)18-15-12-20-11-10-16(15)21-19(18)22/h1-12,21H. The number of aromatic nitrogens is 3. The van der Waals surface area contributed by atoms with E-state index in [4.69, 9.17) is 0 Å². The third-order valence-corrected chi connectivity index (χ3v) is 4.23. The minimum atomic E-state index is 1.12. The number of H-pyrrole nitrogens is 1. The normalized spacial score (nSPS) is 11.6. The number of fused-ring (bicyclic) bond motifs is 5. The molecule has 0 aliphatic carbocycles. The van der Waals surface area contributed by atoms with Crippen LogP contribution in [0.15, 0.2) is 73.1 Å². The van der Waals surface area contributed by atoms with Gasteiger partial charge in [-0.3, -0.25) is 9.55 Å². The summed E-state index contributed by atoms with van der Waals surface area (Å²) >= 11 is 0. The summed E-state index contributed by atoms with van der Waals surface area (Å²) in [5.41, 5.74) is 4.61. The van der Waals surface area contributed by atoms with Crippen molar-refractivity contribution in [3.63, 3.8) is 0 Å². The fraction of sp³-hybridized carbons (Fsp3) is 0. The second-order valence-corrected chi connectivity index (χ2v) is 5.46. The highest BCUT2D eigenvalue weighted by atomic mass is 15.1. The van der Waals surface area contributed by atoms with Crippen molar-refractivity contribution in [2.24, 2.45) is 0 Å². The van der Waals surface area contributed by atoms with Gasteiger partial charge in [-0.15, -0.1) is 0 Å². The molecule has 0 saturated carbocycles. The lowest BCUT2D eigenvalue weighted by Crippen LogP contribution is -1.93. The third kappa shape index (κ3) is 1.42. The Morgan fingerprint density at radius 3 is 2.55 bits per heavy atom. The largest absolute Gasteiger partial charge is 0.340 e. The first-order valence-corrected chi connectivity index (χ1v) is 7.34. The van der Waals surface area contributed by atoms with Gasteiger partial charge in [0.15, 0.2) is 0 Å². The van der Waals surface area contributed by atoms with E-state index in [1.165, 1.54) is 21.7 Å². The molecule has 0 amide bonds. The van der Waals surface area contributed by atoms with E-state index in [1.54, 1.807) is 0 Å². The zero-order valence-electron chi connectivity index (χ0n) is 11.8. The number of aromatic amines is 1. The SMILES string of the molecule is c1ccc(-n2c3ccccc3c3c4cnccc4[nH]c32)cc1. The van der Waals surface area contributed by atoms with Gasteiger partial charge < -0.3 is 4.98 Å². The predicted octanol–water partition coefficient (Wildman–Crippen LogP) is 4.66. The van der Waals surface area contributed by atoms with Crippen LogP contribution in [-0.4, -0.2) is 14.5 Å². The molecule has 0 spiro atoms. The van der Waals surface area contributed by atoms with Crippen molar-refractivity contribution in [2.75, 3.05) is 0 Å². The molecule has 5 aromatic rings. The van der Waals surface area contributed by atoms with Crippen LogP contribution in [-0.2, 0) is 0 Å². The summed E-state index contributed by atoms with van der Waals surface area (Å²) in [6.45, 7) is 0. The second-order valence-electron chi connectivity index (χ2n) is 5.46. The van der Waals surface area contributed by atoms with Crippen molar-refractivity contribution in [1.82, 2.24) is 14.5 Å². The van der Waals surface area contributed by atoms with Crippen molar-refractivity contribution >= 4 is 32.8 Å². The van der Waals surface area contributed by atoms with Gasteiger partial charge in [-0.25, -0.2) is 0 Å². The van der Waals surface area contributed by atoms with Crippen LogP contribution < -0.4 is 0 Å². The molecule has 2 aromatic carbocycles. The van der Waals surface area contributed by atoms with Crippen molar-refractivity contribution < 1.29 is 0 Å². The van der Waals surface area contributed by atoms with Gasteiger partial charge in [-0.2, -0.15) is 0 Å². The van der Waals surface area contributed by atoms with Gasteiger partial charge in [-0.1, -0.05) is 36.4 Å². The second kappa shape index (κ2) is 4.21. The number of hydrogen-bond acceptors (Lipinski definition) is 1. The number of rotatable bonds is 1. The van der Waals surface area contributed by atoms with Gasteiger partial charge in [0.05, 0.1) is 11.0 Å². The predicted molar refractivity (Wildman–Crippen MR) is 90.4 cm³/mol. The zero-order valence-corrected chi connectivity index (χ0v) is 11.8. The Bertz CT molecular complexity index is 1120. The van der Waals surface area contributed by atoms with Crippen LogP contribution in [0.25, 0.3) is 38.5 Å². The summed E-state index contributed by atoms with van der Waals surface area (Å²) in [5, 5.41) is 3.66. The molecule has 3 aromatic heterocycles. The Morgan fingerprint density at radius 2 is 1.64 bits per heavy atom. The average Bonchev–Trinajstić information content (AvgIpc) is 3.10. The summed E-state index contributed by atoms with van der Waals surface area (Å²) < 4.78 is 2.28. The summed E-state index contributed by atoms with van der Waals surface area (Å²) in [6, 6.07) is 21.0. The van der Waals surface area contributed by atoms with E-state index in [-0.39, 0.29) is 0 Å². The lowest BCUT2D eigenvalue weighted by molar-refractivity contribution is 1.15. The van der Waals surface area contributed by atoms with Crippen molar-refractivity contribution in [3.8, 4) is 5.69 Å². The van der Waals surface area contributed by atoms with Crippen LogP contribution in [0.4, 0.5) is 0 Å². The first-order valence-electron chi connectivity index (χ1n) is 7.34. The number of benzene rings is 2. The minimum absolute atomic E-state index is 1.12. The highest BCUT2D eigenvalue weighted by Crippen LogP contribution is 2.36. The van der Waals surface area contributed by atoms with Crippen LogP contribution in [0, 0.1) is 0 Å². The van der Waals surface area contributed by atoms with E-state index in [0.717, 1.165) is 16.9 Å². The Balaban J connectivity index is 2.07. The molecule has 22 heavy (non-hydrogen) atoms. The molecule has 0 aliphatic heterocycles. The minimum Gasteiger partial charge on any atom is -0.340 e. The van der Waals surface area contributed by atoms with Gasteiger partial charge >= 0.3 is 0 Å². The molecule has 0 bridgehead atoms. The molecule has 0 fully saturated rings. The maximum Gasteiger partial charge on any atom is 0.124 e. The molecule has 0 saturated heterocycles. The molecule has 5 rings (SSSR count). The molecule has 3 heteroatoms. The molecular formula is C19H13N3.